The number of aliphatic hydroxyl groups excluding tert-OH is 1. The van der Waals surface area contributed by atoms with Crippen molar-refractivity contribution in [3.05, 3.63) is 11.8 Å². The highest BCUT2D eigenvalue weighted by Crippen LogP contribution is 2.32. The van der Waals surface area contributed by atoms with Crippen molar-refractivity contribution in [3.8, 4) is 0 Å². The predicted molar refractivity (Wildman–Crippen MR) is 68.8 cm³/mol. The first-order valence-electron chi connectivity index (χ1n) is 6.46. The van der Waals surface area contributed by atoms with Gasteiger partial charge in [0, 0.05) is 17.4 Å². The molecule has 3 heteroatoms. The third-order valence-electron chi connectivity index (χ3n) is 3.81. The van der Waals surface area contributed by atoms with E-state index in [1.165, 1.54) is 6.08 Å². The van der Waals surface area contributed by atoms with Gasteiger partial charge in [0.15, 0.2) is 5.78 Å². The molecule has 0 spiro atoms. The van der Waals surface area contributed by atoms with E-state index in [4.69, 9.17) is 0 Å². The zero-order chi connectivity index (χ0) is 13.5. The van der Waals surface area contributed by atoms with Crippen LogP contribution in [0.4, 0.5) is 4.39 Å². The molecule has 0 rings (SSSR count). The Morgan fingerprint density at radius 2 is 1.88 bits per heavy atom. The lowest BCUT2D eigenvalue weighted by Crippen LogP contribution is -2.20. The Morgan fingerprint density at radius 3 is 2.24 bits per heavy atom. The second kappa shape index (κ2) is 7.46. The highest BCUT2D eigenvalue weighted by molar-refractivity contribution is 5.92. The van der Waals surface area contributed by atoms with Crippen molar-refractivity contribution in [2.24, 2.45) is 11.3 Å². The summed E-state index contributed by atoms with van der Waals surface area (Å²) in [5.74, 6) is -0.333. The van der Waals surface area contributed by atoms with Crippen molar-refractivity contribution in [2.75, 3.05) is 6.67 Å². The molecular formula is C14H25FO2. The lowest BCUT2D eigenvalue weighted by Gasteiger charge is -2.26. The van der Waals surface area contributed by atoms with Crippen LogP contribution >= 0.6 is 0 Å². The molecule has 1 atom stereocenters. The van der Waals surface area contributed by atoms with E-state index in [1.807, 2.05) is 27.7 Å². The number of ketones is 1. The van der Waals surface area contributed by atoms with Gasteiger partial charge in [-0.25, -0.2) is 0 Å². The molecule has 0 amide bonds. The van der Waals surface area contributed by atoms with Crippen LogP contribution in [-0.4, -0.2) is 17.6 Å². The average molecular weight is 244 g/mol. The largest absolute Gasteiger partial charge is 0.512 e. The fourth-order valence-corrected chi connectivity index (χ4v) is 1.72. The first kappa shape index (κ1) is 16.1. The molecule has 0 aliphatic heterocycles. The van der Waals surface area contributed by atoms with Gasteiger partial charge < -0.3 is 5.11 Å². The Hall–Kier alpha value is -0.860. The Kier molecular flexibility index (Phi) is 7.09. The molecule has 0 aromatic heterocycles. The number of hydrogen-bond acceptors (Lipinski definition) is 2. The molecule has 100 valence electrons. The van der Waals surface area contributed by atoms with Crippen molar-refractivity contribution in [3.63, 3.8) is 0 Å². The van der Waals surface area contributed by atoms with E-state index in [0.29, 0.717) is 6.42 Å². The molecule has 0 fully saturated rings. The molecule has 0 heterocycles. The molecule has 1 N–H and O–H groups in total. The third kappa shape index (κ3) is 4.49. The molecule has 0 saturated heterocycles. The molecule has 0 aromatic rings. The van der Waals surface area contributed by atoms with Crippen molar-refractivity contribution in [2.45, 2.75) is 53.4 Å². The minimum atomic E-state index is -0.488. The quantitative estimate of drug-likeness (QED) is 0.513. The van der Waals surface area contributed by atoms with Crippen LogP contribution in [0.15, 0.2) is 11.8 Å². The minimum absolute atomic E-state index is 0.129. The van der Waals surface area contributed by atoms with Crippen LogP contribution in [0.25, 0.3) is 0 Å². The molecule has 0 aliphatic rings. The van der Waals surface area contributed by atoms with Crippen LogP contribution in [0, 0.1) is 11.3 Å². The fraction of sp³-hybridized carbons (Fsp3) is 0.786. The van der Waals surface area contributed by atoms with Gasteiger partial charge >= 0.3 is 0 Å². The zero-order valence-corrected chi connectivity index (χ0v) is 11.4. The number of carbonyl (C=O) groups is 1. The summed E-state index contributed by atoms with van der Waals surface area (Å²) >= 11 is 0. The second-order valence-electron chi connectivity index (χ2n) is 4.78. The van der Waals surface area contributed by atoms with Gasteiger partial charge in [-0.1, -0.05) is 27.7 Å². The second-order valence-corrected chi connectivity index (χ2v) is 4.78. The lowest BCUT2D eigenvalue weighted by atomic mass is 9.81. The molecule has 0 radical (unpaired) electrons. The molecular weight excluding hydrogens is 219 g/mol. The summed E-state index contributed by atoms with van der Waals surface area (Å²) in [7, 11) is 0. The molecule has 17 heavy (non-hydrogen) atoms. The Morgan fingerprint density at radius 1 is 1.35 bits per heavy atom. The molecule has 1 unspecified atom stereocenters. The van der Waals surface area contributed by atoms with Crippen molar-refractivity contribution >= 4 is 5.78 Å². The van der Waals surface area contributed by atoms with E-state index in [1.54, 1.807) is 0 Å². The first-order valence-corrected chi connectivity index (χ1v) is 6.46. The number of aliphatic hydroxyl groups is 1. The van der Waals surface area contributed by atoms with Crippen LogP contribution in [-0.2, 0) is 4.79 Å². The SMILES string of the molecule is CCC(CCF)C(=O)/C=C(\O)C(C)(CC)CC. The van der Waals surface area contributed by atoms with Gasteiger partial charge in [0.1, 0.15) is 5.76 Å². The summed E-state index contributed by atoms with van der Waals surface area (Å²) in [5, 5.41) is 10.00. The number of allylic oxidation sites excluding steroid dienone is 2. The summed E-state index contributed by atoms with van der Waals surface area (Å²) in [5.41, 5.74) is -0.344. The molecule has 2 nitrogen and oxygen atoms in total. The van der Waals surface area contributed by atoms with E-state index >= 15 is 0 Å². The number of alkyl halides is 1. The van der Waals surface area contributed by atoms with Gasteiger partial charge in [0.05, 0.1) is 6.67 Å². The monoisotopic (exact) mass is 244 g/mol. The van der Waals surface area contributed by atoms with Gasteiger partial charge in [-0.15, -0.1) is 0 Å². The number of halogens is 1. The van der Waals surface area contributed by atoms with Gasteiger partial charge in [-0.05, 0) is 25.7 Å². The minimum Gasteiger partial charge on any atom is -0.512 e. The predicted octanol–water partition coefficient (Wildman–Crippen LogP) is 4.21. The van der Waals surface area contributed by atoms with E-state index in [9.17, 15) is 14.3 Å². The summed E-state index contributed by atoms with van der Waals surface area (Å²) in [6.07, 6.45) is 3.71. The maximum Gasteiger partial charge on any atom is 0.162 e. The highest BCUT2D eigenvalue weighted by atomic mass is 19.1. The lowest BCUT2D eigenvalue weighted by molar-refractivity contribution is -0.118. The molecule has 0 saturated carbocycles. The van der Waals surface area contributed by atoms with Gasteiger partial charge in [0.25, 0.3) is 0 Å². The number of carbonyl (C=O) groups excluding carboxylic acids is 1. The van der Waals surface area contributed by atoms with Crippen molar-refractivity contribution in [1.82, 2.24) is 0 Å². The summed E-state index contributed by atoms with van der Waals surface area (Å²) in [6, 6.07) is 0. The van der Waals surface area contributed by atoms with Crippen LogP contribution < -0.4 is 0 Å². The maximum absolute atomic E-state index is 12.3. The summed E-state index contributed by atoms with van der Waals surface area (Å²) < 4.78 is 12.3. The van der Waals surface area contributed by atoms with Crippen molar-refractivity contribution < 1.29 is 14.3 Å². The van der Waals surface area contributed by atoms with E-state index in [0.717, 1.165) is 12.8 Å². The molecule has 0 bridgehead atoms. The Bertz CT molecular complexity index is 267. The highest BCUT2D eigenvalue weighted by Gasteiger charge is 2.26. The smallest absolute Gasteiger partial charge is 0.162 e. The van der Waals surface area contributed by atoms with Gasteiger partial charge in [-0.3, -0.25) is 9.18 Å². The number of hydrogen-bond donors (Lipinski definition) is 1. The maximum atomic E-state index is 12.3. The topological polar surface area (TPSA) is 37.3 Å². The normalized spacial score (nSPS) is 14.8. The fourth-order valence-electron chi connectivity index (χ4n) is 1.72. The van der Waals surface area contributed by atoms with Crippen LogP contribution in [0.2, 0.25) is 0 Å². The van der Waals surface area contributed by atoms with E-state index < -0.39 is 6.67 Å². The molecule has 0 aromatic carbocycles. The Balaban J connectivity index is 4.82. The van der Waals surface area contributed by atoms with Crippen LogP contribution in [0.1, 0.15) is 53.4 Å². The third-order valence-corrected chi connectivity index (χ3v) is 3.81. The summed E-state index contributed by atoms with van der Waals surface area (Å²) in [6.45, 7) is 7.27. The standard InChI is InChI=1S/C14H25FO2/c1-5-11(8-9-15)12(16)10-13(17)14(4,6-2)7-3/h10-11,17H,5-9H2,1-4H3/b13-10-. The van der Waals surface area contributed by atoms with Crippen LogP contribution in [0.5, 0.6) is 0 Å². The Labute approximate surface area is 104 Å². The van der Waals surface area contributed by atoms with E-state index in [-0.39, 0.29) is 29.3 Å². The summed E-state index contributed by atoms with van der Waals surface area (Å²) in [4.78, 5) is 11.9. The van der Waals surface area contributed by atoms with Gasteiger partial charge in [-0.2, -0.15) is 0 Å². The van der Waals surface area contributed by atoms with E-state index in [2.05, 4.69) is 0 Å². The van der Waals surface area contributed by atoms with Crippen LogP contribution in [0.3, 0.4) is 0 Å². The first-order chi connectivity index (χ1) is 7.95. The zero-order valence-electron chi connectivity index (χ0n) is 11.4. The van der Waals surface area contributed by atoms with Crippen molar-refractivity contribution in [1.29, 1.82) is 0 Å². The van der Waals surface area contributed by atoms with Gasteiger partial charge in [0.2, 0.25) is 0 Å². The number of rotatable bonds is 8. The molecule has 0 aliphatic carbocycles. The average Bonchev–Trinajstić information content (AvgIpc) is 2.34.